The number of aryl methyl sites for hydroxylation is 1. The highest BCUT2D eigenvalue weighted by atomic mass is 32.2. The molecule has 0 bridgehead atoms. The first kappa shape index (κ1) is 17.2. The van der Waals surface area contributed by atoms with Crippen LogP contribution in [-0.2, 0) is 9.84 Å². The molecule has 0 saturated carbocycles. The molecule has 0 unspecified atom stereocenters. The third-order valence-electron chi connectivity index (χ3n) is 3.91. The number of carbonyl (C=O) groups excluding carboxylic acids is 1. The Balaban J connectivity index is 2.43. The Labute approximate surface area is 136 Å². The van der Waals surface area contributed by atoms with Crippen molar-refractivity contribution in [2.45, 2.75) is 37.6 Å². The van der Waals surface area contributed by atoms with E-state index in [1.165, 1.54) is 12.3 Å². The summed E-state index contributed by atoms with van der Waals surface area (Å²) >= 11 is 0. The van der Waals surface area contributed by atoms with Crippen molar-refractivity contribution in [3.05, 3.63) is 41.6 Å². The van der Waals surface area contributed by atoms with E-state index in [9.17, 15) is 13.2 Å². The molecule has 0 radical (unpaired) electrons. The number of benzene rings is 1. The van der Waals surface area contributed by atoms with Gasteiger partial charge in [0.05, 0.1) is 4.90 Å². The highest BCUT2D eigenvalue weighted by Crippen LogP contribution is 2.24. The molecule has 1 aromatic carbocycles. The van der Waals surface area contributed by atoms with Crippen molar-refractivity contribution in [2.24, 2.45) is 0 Å². The number of amides is 1. The van der Waals surface area contributed by atoms with Crippen LogP contribution in [0.2, 0.25) is 0 Å². The summed E-state index contributed by atoms with van der Waals surface area (Å²) in [6, 6.07) is 6.14. The third-order valence-corrected chi connectivity index (χ3v) is 5.70. The monoisotopic (exact) mass is 335 g/mol. The molecule has 1 heterocycles. The molecule has 0 aliphatic rings. The van der Waals surface area contributed by atoms with Gasteiger partial charge in [0.25, 0.3) is 0 Å². The maximum absolute atomic E-state index is 12.8. The lowest BCUT2D eigenvalue weighted by atomic mass is 10.1. The fourth-order valence-electron chi connectivity index (χ4n) is 2.32. The number of rotatable bonds is 4. The highest BCUT2D eigenvalue weighted by Gasteiger charge is 2.24. The summed E-state index contributed by atoms with van der Waals surface area (Å²) in [6.07, 6.45) is 1.39. The first-order chi connectivity index (χ1) is 10.8. The van der Waals surface area contributed by atoms with E-state index in [1.54, 1.807) is 24.0 Å². The van der Waals surface area contributed by atoms with E-state index in [0.29, 0.717) is 18.7 Å². The van der Waals surface area contributed by atoms with Crippen LogP contribution >= 0.6 is 0 Å². The Morgan fingerprint density at radius 3 is 2.43 bits per heavy atom. The van der Waals surface area contributed by atoms with Gasteiger partial charge < -0.3 is 4.90 Å². The van der Waals surface area contributed by atoms with E-state index in [4.69, 9.17) is 0 Å². The molecule has 23 heavy (non-hydrogen) atoms. The van der Waals surface area contributed by atoms with Gasteiger partial charge in [-0.2, -0.15) is 9.78 Å². The minimum Gasteiger partial charge on any atom is -0.323 e. The largest absolute Gasteiger partial charge is 0.344 e. The second kappa shape index (κ2) is 6.54. The zero-order valence-corrected chi connectivity index (χ0v) is 14.6. The first-order valence-electron chi connectivity index (χ1n) is 7.49. The number of nitrogens with zero attached hydrogens (tertiary/aromatic N) is 3. The molecule has 124 valence electrons. The first-order valence-corrected chi connectivity index (χ1v) is 8.97. The molecule has 0 spiro atoms. The van der Waals surface area contributed by atoms with Gasteiger partial charge in [-0.25, -0.2) is 13.2 Å². The standard InChI is InChI=1S/C16H21N3O3S/c1-5-18(6-2)16(20)19-11-10-15(17-19)23(21,22)14-9-7-8-12(3)13(14)4/h7-11H,5-6H2,1-4H3. The Kier molecular flexibility index (Phi) is 4.89. The maximum atomic E-state index is 12.8. The molecule has 0 saturated heterocycles. The van der Waals surface area contributed by atoms with Gasteiger partial charge in [0.2, 0.25) is 9.84 Å². The molecule has 1 aromatic heterocycles. The summed E-state index contributed by atoms with van der Waals surface area (Å²) in [4.78, 5) is 14.0. The van der Waals surface area contributed by atoms with Crippen LogP contribution in [0.1, 0.15) is 25.0 Å². The SMILES string of the molecule is CCN(CC)C(=O)n1ccc(S(=O)(=O)c2cccc(C)c2C)n1. The van der Waals surface area contributed by atoms with Crippen molar-refractivity contribution >= 4 is 15.9 Å². The van der Waals surface area contributed by atoms with Crippen molar-refractivity contribution in [1.82, 2.24) is 14.7 Å². The second-order valence-electron chi connectivity index (χ2n) is 5.25. The maximum Gasteiger partial charge on any atom is 0.344 e. The van der Waals surface area contributed by atoms with Gasteiger partial charge in [-0.3, -0.25) is 0 Å². The molecule has 1 amide bonds. The lowest BCUT2D eigenvalue weighted by Gasteiger charge is -2.17. The fraction of sp³-hybridized carbons (Fsp3) is 0.375. The Bertz CT molecular complexity index is 821. The minimum absolute atomic E-state index is 0.119. The summed E-state index contributed by atoms with van der Waals surface area (Å²) in [5, 5.41) is 3.86. The molecule has 0 N–H and O–H groups in total. The van der Waals surface area contributed by atoms with Crippen LogP contribution in [0, 0.1) is 13.8 Å². The van der Waals surface area contributed by atoms with Crippen molar-refractivity contribution in [1.29, 1.82) is 0 Å². The topological polar surface area (TPSA) is 72.3 Å². The van der Waals surface area contributed by atoms with Gasteiger partial charge in [0, 0.05) is 19.3 Å². The van der Waals surface area contributed by atoms with Gasteiger partial charge in [0.1, 0.15) is 0 Å². The van der Waals surface area contributed by atoms with Gasteiger partial charge in [-0.15, -0.1) is 0 Å². The van der Waals surface area contributed by atoms with Gasteiger partial charge in [0.15, 0.2) is 5.03 Å². The normalized spacial score (nSPS) is 11.5. The number of sulfone groups is 1. The number of aromatic nitrogens is 2. The average molecular weight is 335 g/mol. The molecule has 2 aromatic rings. The molecule has 0 aliphatic heterocycles. The van der Waals surface area contributed by atoms with Crippen LogP contribution in [0.4, 0.5) is 4.79 Å². The van der Waals surface area contributed by atoms with E-state index in [1.807, 2.05) is 26.8 Å². The molecule has 7 heteroatoms. The third kappa shape index (κ3) is 3.14. The van der Waals surface area contributed by atoms with E-state index < -0.39 is 9.84 Å². The quantitative estimate of drug-likeness (QED) is 0.861. The van der Waals surface area contributed by atoms with Crippen LogP contribution in [0.5, 0.6) is 0 Å². The van der Waals surface area contributed by atoms with Crippen molar-refractivity contribution in [3.8, 4) is 0 Å². The van der Waals surface area contributed by atoms with Crippen molar-refractivity contribution < 1.29 is 13.2 Å². The Morgan fingerprint density at radius 1 is 1.17 bits per heavy atom. The van der Waals surface area contributed by atoms with Gasteiger partial charge in [-0.05, 0) is 51.0 Å². The van der Waals surface area contributed by atoms with Crippen LogP contribution in [0.25, 0.3) is 0 Å². The zero-order chi connectivity index (χ0) is 17.2. The Hall–Kier alpha value is -2.15. The summed E-state index contributed by atoms with van der Waals surface area (Å²) in [7, 11) is -3.75. The lowest BCUT2D eigenvalue weighted by Crippen LogP contribution is -2.34. The van der Waals surface area contributed by atoms with Crippen molar-refractivity contribution in [2.75, 3.05) is 13.1 Å². The predicted octanol–water partition coefficient (Wildman–Crippen LogP) is 2.64. The fourth-order valence-corrected chi connectivity index (χ4v) is 3.81. The molecule has 0 aliphatic carbocycles. The number of hydrogen-bond donors (Lipinski definition) is 0. The average Bonchev–Trinajstić information content (AvgIpc) is 3.01. The van der Waals surface area contributed by atoms with E-state index in [0.717, 1.165) is 10.2 Å². The lowest BCUT2D eigenvalue weighted by molar-refractivity contribution is 0.201. The summed E-state index contributed by atoms with van der Waals surface area (Å²) in [5.74, 6) is 0. The van der Waals surface area contributed by atoms with E-state index in [2.05, 4.69) is 5.10 Å². The molecule has 2 rings (SSSR count). The van der Waals surface area contributed by atoms with E-state index in [-0.39, 0.29) is 16.0 Å². The van der Waals surface area contributed by atoms with Crippen LogP contribution in [0.15, 0.2) is 40.4 Å². The second-order valence-corrected chi connectivity index (χ2v) is 7.12. The Morgan fingerprint density at radius 2 is 1.83 bits per heavy atom. The summed E-state index contributed by atoms with van der Waals surface area (Å²) in [6.45, 7) is 8.41. The predicted molar refractivity (Wildman–Crippen MR) is 87.3 cm³/mol. The molecular weight excluding hydrogens is 314 g/mol. The van der Waals surface area contributed by atoms with Crippen LogP contribution < -0.4 is 0 Å². The molecular formula is C16H21N3O3S. The van der Waals surface area contributed by atoms with Crippen LogP contribution in [-0.4, -0.2) is 42.2 Å². The van der Waals surface area contributed by atoms with E-state index >= 15 is 0 Å². The number of hydrogen-bond acceptors (Lipinski definition) is 4. The molecule has 0 atom stereocenters. The summed E-state index contributed by atoms with van der Waals surface area (Å²) < 4.78 is 26.6. The summed E-state index contributed by atoms with van der Waals surface area (Å²) in [5.41, 5.74) is 1.59. The molecule has 0 fully saturated rings. The molecule has 6 nitrogen and oxygen atoms in total. The number of carbonyl (C=O) groups is 1. The smallest absolute Gasteiger partial charge is 0.323 e. The zero-order valence-electron chi connectivity index (χ0n) is 13.8. The van der Waals surface area contributed by atoms with Gasteiger partial charge >= 0.3 is 6.03 Å². The highest BCUT2D eigenvalue weighted by molar-refractivity contribution is 7.91. The van der Waals surface area contributed by atoms with Crippen LogP contribution in [0.3, 0.4) is 0 Å². The van der Waals surface area contributed by atoms with Gasteiger partial charge in [-0.1, -0.05) is 12.1 Å². The van der Waals surface area contributed by atoms with Crippen molar-refractivity contribution in [3.63, 3.8) is 0 Å². The minimum atomic E-state index is -3.75.